The van der Waals surface area contributed by atoms with Crippen LogP contribution in [0.25, 0.3) is 10.9 Å². The number of aromatic nitrogens is 1. The highest BCUT2D eigenvalue weighted by atomic mass is 16.2. The van der Waals surface area contributed by atoms with Gasteiger partial charge >= 0.3 is 0 Å². The van der Waals surface area contributed by atoms with Crippen molar-refractivity contribution in [2.75, 3.05) is 16.0 Å². The van der Waals surface area contributed by atoms with Crippen LogP contribution >= 0.6 is 0 Å². The second-order valence-corrected chi connectivity index (χ2v) is 7.43. The summed E-state index contributed by atoms with van der Waals surface area (Å²) in [5.74, 6) is 0.0570. The van der Waals surface area contributed by atoms with Gasteiger partial charge in [-0.3, -0.25) is 4.79 Å². The molecule has 1 aromatic heterocycles. The van der Waals surface area contributed by atoms with Gasteiger partial charge in [-0.15, -0.1) is 0 Å². The summed E-state index contributed by atoms with van der Waals surface area (Å²) in [5.41, 5.74) is 6.04. The van der Waals surface area contributed by atoms with Gasteiger partial charge in [-0.2, -0.15) is 0 Å². The van der Waals surface area contributed by atoms with Crippen molar-refractivity contribution in [3.63, 3.8) is 0 Å². The molecule has 1 atom stereocenters. The number of hydrogen-bond donors (Lipinski definition) is 4. The molecule has 4 N–H and O–H groups in total. The summed E-state index contributed by atoms with van der Waals surface area (Å²) < 4.78 is 0. The molecular weight excluding hydrogens is 312 g/mol. The normalized spacial score (nSPS) is 19.9. The molecule has 5 nitrogen and oxygen atoms in total. The fraction of sp³-hybridized carbons (Fsp3) is 0.250. The van der Waals surface area contributed by atoms with Gasteiger partial charge in [0.2, 0.25) is 5.91 Å². The van der Waals surface area contributed by atoms with Crippen molar-refractivity contribution in [1.82, 2.24) is 4.98 Å². The van der Waals surface area contributed by atoms with Crippen molar-refractivity contribution >= 4 is 33.9 Å². The minimum absolute atomic E-state index is 0.0570. The first-order valence-corrected chi connectivity index (χ1v) is 8.60. The summed E-state index contributed by atoms with van der Waals surface area (Å²) in [6.07, 6.45) is 3.09. The largest absolute Gasteiger partial charge is 0.363 e. The molecule has 0 aliphatic carbocycles. The Balaban J connectivity index is 1.43. The van der Waals surface area contributed by atoms with Crippen molar-refractivity contribution in [1.29, 1.82) is 0 Å². The molecule has 25 heavy (non-hydrogen) atoms. The lowest BCUT2D eigenvalue weighted by Crippen LogP contribution is -2.27. The van der Waals surface area contributed by atoms with Gasteiger partial charge < -0.3 is 20.9 Å². The maximum Gasteiger partial charge on any atom is 0.234 e. The van der Waals surface area contributed by atoms with Crippen LogP contribution in [0.1, 0.15) is 25.0 Å². The predicted molar refractivity (Wildman–Crippen MR) is 101 cm³/mol. The zero-order valence-electron chi connectivity index (χ0n) is 14.2. The number of nitrogens with one attached hydrogen (secondary N) is 4. The van der Waals surface area contributed by atoms with E-state index in [1.165, 1.54) is 10.9 Å². The highest BCUT2D eigenvalue weighted by Gasteiger charge is 2.39. The van der Waals surface area contributed by atoms with Crippen LogP contribution in [-0.2, 0) is 16.6 Å². The van der Waals surface area contributed by atoms with Crippen LogP contribution in [-0.4, -0.2) is 17.1 Å². The van der Waals surface area contributed by atoms with Gasteiger partial charge in [0.1, 0.15) is 6.17 Å². The standard InChI is InChI=1S/C20H20N4O/c1-20(2)13-8-16-17(9-15(13)24-19(20)25)23-18(22-16)7-11-10-21-14-6-4-3-5-12(11)14/h3-6,8-10,18,21-23H,7H2,1-2H3,(H,24,25). The Morgan fingerprint density at radius 3 is 2.64 bits per heavy atom. The first-order valence-electron chi connectivity index (χ1n) is 8.60. The molecule has 0 spiro atoms. The number of para-hydroxylation sites is 1. The molecule has 126 valence electrons. The third-order valence-corrected chi connectivity index (χ3v) is 5.41. The van der Waals surface area contributed by atoms with Gasteiger partial charge in [-0.1, -0.05) is 18.2 Å². The highest BCUT2D eigenvalue weighted by Crippen LogP contribution is 2.44. The van der Waals surface area contributed by atoms with Gasteiger partial charge in [-0.05, 0) is 43.2 Å². The summed E-state index contributed by atoms with van der Waals surface area (Å²) in [6.45, 7) is 3.93. The fourth-order valence-corrected chi connectivity index (χ4v) is 3.89. The molecule has 2 aliphatic heterocycles. The Labute approximate surface area is 145 Å². The van der Waals surface area contributed by atoms with Crippen LogP contribution in [0.15, 0.2) is 42.6 Å². The lowest BCUT2D eigenvalue weighted by Gasteiger charge is -2.15. The molecule has 3 aromatic rings. The van der Waals surface area contributed by atoms with E-state index < -0.39 is 5.41 Å². The number of aromatic amines is 1. The zero-order valence-corrected chi connectivity index (χ0v) is 14.2. The Kier molecular flexibility index (Phi) is 2.76. The van der Waals surface area contributed by atoms with Crippen molar-refractivity contribution < 1.29 is 4.79 Å². The number of rotatable bonds is 2. The van der Waals surface area contributed by atoms with E-state index in [1.807, 2.05) is 26.0 Å². The van der Waals surface area contributed by atoms with E-state index in [1.54, 1.807) is 0 Å². The number of benzene rings is 2. The summed E-state index contributed by atoms with van der Waals surface area (Å²) >= 11 is 0. The molecule has 0 bridgehead atoms. The molecule has 3 heterocycles. The average Bonchev–Trinajstić information content (AvgIpc) is 3.23. The van der Waals surface area contributed by atoms with Crippen LogP contribution in [0, 0.1) is 0 Å². The Morgan fingerprint density at radius 1 is 1.04 bits per heavy atom. The van der Waals surface area contributed by atoms with Crippen LogP contribution in [0.3, 0.4) is 0 Å². The molecule has 1 amide bonds. The number of hydrogen-bond acceptors (Lipinski definition) is 3. The van der Waals surface area contributed by atoms with E-state index in [0.717, 1.165) is 34.6 Å². The van der Waals surface area contributed by atoms with Crippen molar-refractivity contribution in [3.8, 4) is 0 Å². The van der Waals surface area contributed by atoms with E-state index in [2.05, 4.69) is 51.4 Å². The Hall–Kier alpha value is -2.95. The minimum Gasteiger partial charge on any atom is -0.363 e. The quantitative estimate of drug-likeness (QED) is 0.577. The van der Waals surface area contributed by atoms with E-state index in [-0.39, 0.29) is 12.1 Å². The monoisotopic (exact) mass is 332 g/mol. The van der Waals surface area contributed by atoms with Crippen LogP contribution in [0.4, 0.5) is 17.1 Å². The molecule has 5 rings (SSSR count). The summed E-state index contributed by atoms with van der Waals surface area (Å²) in [4.78, 5) is 15.5. The molecular formula is C20H20N4O. The number of anilines is 3. The lowest BCUT2D eigenvalue weighted by atomic mass is 9.86. The number of carbonyl (C=O) groups excluding carboxylic acids is 1. The molecule has 2 aliphatic rings. The topological polar surface area (TPSA) is 69.0 Å². The molecule has 1 unspecified atom stereocenters. The minimum atomic E-state index is -0.485. The number of fused-ring (bicyclic) bond motifs is 3. The second-order valence-electron chi connectivity index (χ2n) is 7.43. The third kappa shape index (κ3) is 2.05. The number of H-pyrrole nitrogens is 1. The maximum absolute atomic E-state index is 12.1. The van der Waals surface area contributed by atoms with Gasteiger partial charge in [0.25, 0.3) is 0 Å². The Bertz CT molecular complexity index is 1020. The van der Waals surface area contributed by atoms with Gasteiger partial charge in [0, 0.05) is 29.2 Å². The van der Waals surface area contributed by atoms with E-state index in [0.29, 0.717) is 0 Å². The van der Waals surface area contributed by atoms with Crippen LogP contribution in [0.5, 0.6) is 0 Å². The van der Waals surface area contributed by atoms with Gasteiger partial charge in [0.05, 0.1) is 16.8 Å². The SMILES string of the molecule is CC1(C)C(=O)Nc2cc3c(cc21)NC(Cc1c[nH]c2ccccc12)N3. The van der Waals surface area contributed by atoms with Crippen molar-refractivity contribution in [3.05, 3.63) is 53.7 Å². The molecule has 2 aromatic carbocycles. The Morgan fingerprint density at radius 2 is 1.80 bits per heavy atom. The van der Waals surface area contributed by atoms with Crippen LogP contribution < -0.4 is 16.0 Å². The molecule has 0 saturated carbocycles. The number of amides is 1. The van der Waals surface area contributed by atoms with E-state index in [4.69, 9.17) is 0 Å². The van der Waals surface area contributed by atoms with Gasteiger partial charge in [-0.25, -0.2) is 0 Å². The summed E-state index contributed by atoms with van der Waals surface area (Å²) in [5, 5.41) is 11.3. The van der Waals surface area contributed by atoms with Crippen LogP contribution in [0.2, 0.25) is 0 Å². The zero-order chi connectivity index (χ0) is 17.2. The lowest BCUT2D eigenvalue weighted by molar-refractivity contribution is -0.119. The summed E-state index contributed by atoms with van der Waals surface area (Å²) in [7, 11) is 0. The molecule has 5 heteroatoms. The first kappa shape index (κ1) is 14.4. The smallest absolute Gasteiger partial charge is 0.234 e. The maximum atomic E-state index is 12.1. The first-order chi connectivity index (χ1) is 12.0. The highest BCUT2D eigenvalue weighted by molar-refractivity contribution is 6.07. The number of carbonyl (C=O) groups is 1. The van der Waals surface area contributed by atoms with E-state index >= 15 is 0 Å². The fourth-order valence-electron chi connectivity index (χ4n) is 3.89. The molecule has 0 radical (unpaired) electrons. The second kappa shape index (κ2) is 4.79. The molecule has 0 fully saturated rings. The predicted octanol–water partition coefficient (Wildman–Crippen LogP) is 3.80. The van der Waals surface area contributed by atoms with E-state index in [9.17, 15) is 4.79 Å². The molecule has 0 saturated heterocycles. The van der Waals surface area contributed by atoms with Gasteiger partial charge in [0.15, 0.2) is 0 Å². The summed E-state index contributed by atoms with van der Waals surface area (Å²) in [6, 6.07) is 12.5. The van der Waals surface area contributed by atoms with Crippen molar-refractivity contribution in [2.45, 2.75) is 31.8 Å². The average molecular weight is 332 g/mol. The third-order valence-electron chi connectivity index (χ3n) is 5.41. The van der Waals surface area contributed by atoms with Crippen molar-refractivity contribution in [2.24, 2.45) is 0 Å².